The van der Waals surface area contributed by atoms with Gasteiger partial charge in [0.15, 0.2) is 0 Å². The summed E-state index contributed by atoms with van der Waals surface area (Å²) < 4.78 is 2.18. The summed E-state index contributed by atoms with van der Waals surface area (Å²) in [6.45, 7) is 7.18. The van der Waals surface area contributed by atoms with Crippen LogP contribution in [0.5, 0.6) is 0 Å². The number of piperazine rings is 1. The van der Waals surface area contributed by atoms with Crippen LogP contribution in [0, 0.1) is 12.8 Å². The number of aryl methyl sites for hydroxylation is 3. The number of fused-ring (bicyclic) bond motifs is 2. The van der Waals surface area contributed by atoms with Gasteiger partial charge in [-0.15, -0.1) is 0 Å². The minimum absolute atomic E-state index is 0.0949. The zero-order valence-electron chi connectivity index (χ0n) is 22.1. The first-order chi connectivity index (χ1) is 18.1. The molecule has 2 aromatic heterocycles. The molecular formula is C30H38N6O. The molecule has 2 aliphatic heterocycles. The van der Waals surface area contributed by atoms with Crippen LogP contribution in [0.3, 0.4) is 0 Å². The maximum Gasteiger partial charge on any atom is 0.241 e. The third-order valence-corrected chi connectivity index (χ3v) is 8.59. The number of pyridine rings is 1. The van der Waals surface area contributed by atoms with Crippen LogP contribution in [0.15, 0.2) is 55.1 Å². The van der Waals surface area contributed by atoms with Crippen molar-refractivity contribution in [1.82, 2.24) is 29.2 Å². The molecule has 3 aliphatic rings. The van der Waals surface area contributed by atoms with Crippen LogP contribution in [-0.2, 0) is 24.2 Å². The fraction of sp³-hybridized carbons (Fsp3) is 0.500. The number of carbonyl (C=O) groups excluding carboxylic acids is 1. The SMILES string of the molecule is Cc1cn(C[C@H]2CCCN(C(=O)[C@H]3CN([C@@H]4c5ccccc5CCc5cccnc54)CCN3C)C2)cn1. The number of nitrogens with zero attached hydrogens (tertiary/aromatic N) is 6. The number of likely N-dealkylation sites (N-methyl/N-ethyl adjacent to an activating group) is 1. The molecule has 37 heavy (non-hydrogen) atoms. The highest BCUT2D eigenvalue weighted by Gasteiger charge is 2.39. The highest BCUT2D eigenvalue weighted by Crippen LogP contribution is 2.36. The lowest BCUT2D eigenvalue weighted by molar-refractivity contribution is -0.141. The number of likely N-dealkylation sites (tertiary alicyclic amines) is 1. The Morgan fingerprint density at radius 1 is 1.00 bits per heavy atom. The van der Waals surface area contributed by atoms with Crippen molar-refractivity contribution in [2.75, 3.05) is 39.8 Å². The molecule has 6 rings (SSSR count). The largest absolute Gasteiger partial charge is 0.341 e. The van der Waals surface area contributed by atoms with Gasteiger partial charge < -0.3 is 9.47 Å². The number of amides is 1. The Hall–Kier alpha value is -3.03. The number of aromatic nitrogens is 3. The minimum Gasteiger partial charge on any atom is -0.341 e. The van der Waals surface area contributed by atoms with E-state index < -0.39 is 0 Å². The minimum atomic E-state index is -0.134. The van der Waals surface area contributed by atoms with Gasteiger partial charge in [-0.1, -0.05) is 30.3 Å². The van der Waals surface area contributed by atoms with Crippen molar-refractivity contribution < 1.29 is 4.79 Å². The molecular weight excluding hydrogens is 460 g/mol. The van der Waals surface area contributed by atoms with Crippen LogP contribution in [0.1, 0.15) is 47.0 Å². The van der Waals surface area contributed by atoms with Crippen molar-refractivity contribution in [1.29, 1.82) is 0 Å². The Morgan fingerprint density at radius 3 is 2.70 bits per heavy atom. The summed E-state index contributed by atoms with van der Waals surface area (Å²) >= 11 is 0. The van der Waals surface area contributed by atoms with Gasteiger partial charge in [0.05, 0.1) is 23.8 Å². The predicted octanol–water partition coefficient (Wildman–Crippen LogP) is 3.33. The molecule has 0 saturated carbocycles. The Balaban J connectivity index is 1.23. The molecule has 0 bridgehead atoms. The van der Waals surface area contributed by atoms with Gasteiger partial charge in [0, 0.05) is 51.7 Å². The summed E-state index contributed by atoms with van der Waals surface area (Å²) in [5.74, 6) is 0.753. The van der Waals surface area contributed by atoms with E-state index in [4.69, 9.17) is 4.98 Å². The van der Waals surface area contributed by atoms with Gasteiger partial charge in [-0.3, -0.25) is 19.6 Å². The molecule has 0 N–H and O–H groups in total. The highest BCUT2D eigenvalue weighted by atomic mass is 16.2. The first-order valence-corrected chi connectivity index (χ1v) is 13.8. The molecule has 1 amide bonds. The molecule has 0 unspecified atom stereocenters. The first kappa shape index (κ1) is 24.3. The van der Waals surface area contributed by atoms with Crippen molar-refractivity contribution in [2.24, 2.45) is 5.92 Å². The van der Waals surface area contributed by atoms with E-state index in [2.05, 4.69) is 73.9 Å². The molecule has 3 atom stereocenters. The summed E-state index contributed by atoms with van der Waals surface area (Å²) in [6.07, 6.45) is 10.2. The zero-order valence-corrected chi connectivity index (χ0v) is 22.1. The molecule has 0 radical (unpaired) electrons. The maximum absolute atomic E-state index is 14.0. The number of benzene rings is 1. The Labute approximate surface area is 220 Å². The summed E-state index contributed by atoms with van der Waals surface area (Å²) in [6, 6.07) is 13.1. The van der Waals surface area contributed by atoms with Gasteiger partial charge in [-0.25, -0.2) is 4.98 Å². The van der Waals surface area contributed by atoms with Crippen LogP contribution >= 0.6 is 0 Å². The molecule has 2 saturated heterocycles. The van der Waals surface area contributed by atoms with Crippen LogP contribution < -0.4 is 0 Å². The van der Waals surface area contributed by atoms with E-state index in [-0.39, 0.29) is 18.0 Å². The normalized spacial score (nSPS) is 24.8. The van der Waals surface area contributed by atoms with Crippen molar-refractivity contribution in [3.63, 3.8) is 0 Å². The average molecular weight is 499 g/mol. The number of rotatable bonds is 4. The van der Waals surface area contributed by atoms with E-state index >= 15 is 0 Å². The van der Waals surface area contributed by atoms with Crippen molar-refractivity contribution in [3.05, 3.63) is 83.2 Å². The van der Waals surface area contributed by atoms with Crippen molar-refractivity contribution in [2.45, 2.75) is 51.2 Å². The number of imidazole rings is 1. The lowest BCUT2D eigenvalue weighted by Gasteiger charge is -2.45. The molecule has 194 valence electrons. The number of piperidine rings is 1. The van der Waals surface area contributed by atoms with Gasteiger partial charge in [-0.05, 0) is 68.3 Å². The second-order valence-corrected chi connectivity index (χ2v) is 11.1. The average Bonchev–Trinajstić information content (AvgIpc) is 3.25. The Kier molecular flexibility index (Phi) is 6.82. The lowest BCUT2D eigenvalue weighted by atomic mass is 9.94. The smallest absolute Gasteiger partial charge is 0.241 e. The molecule has 7 nitrogen and oxygen atoms in total. The van der Waals surface area contributed by atoms with E-state index in [0.717, 1.165) is 76.3 Å². The summed E-state index contributed by atoms with van der Waals surface area (Å²) in [4.78, 5) is 30.2. The monoisotopic (exact) mass is 498 g/mol. The van der Waals surface area contributed by atoms with Crippen LogP contribution in [0.2, 0.25) is 0 Å². The number of hydrogen-bond acceptors (Lipinski definition) is 5. The molecule has 1 aromatic carbocycles. The highest BCUT2D eigenvalue weighted by molar-refractivity contribution is 5.82. The Morgan fingerprint density at radius 2 is 1.84 bits per heavy atom. The third kappa shape index (κ3) is 4.94. The number of carbonyl (C=O) groups is 1. The second-order valence-electron chi connectivity index (χ2n) is 11.1. The quantitative estimate of drug-likeness (QED) is 0.552. The van der Waals surface area contributed by atoms with E-state index in [1.54, 1.807) is 0 Å². The standard InChI is InChI=1S/C30H38N6O/c1-22-17-34(21-32-22)18-23-7-6-14-36(19-23)30(37)27-20-35(16-15-33(27)2)29-26-10-4-3-8-24(26)11-12-25-9-5-13-31-28(25)29/h3-5,8-10,13,17,21,23,27,29H,6-7,11-12,14-16,18-20H2,1-2H3/t23-,27-,29-/m1/s1. The molecule has 0 spiro atoms. The van der Waals surface area contributed by atoms with Crippen LogP contribution in [-0.4, -0.2) is 81.0 Å². The van der Waals surface area contributed by atoms with Gasteiger partial charge in [0.25, 0.3) is 0 Å². The Bertz CT molecular complexity index is 1210. The third-order valence-electron chi connectivity index (χ3n) is 8.59. The number of hydrogen-bond donors (Lipinski definition) is 0. The molecule has 1 aliphatic carbocycles. The van der Waals surface area contributed by atoms with Crippen LogP contribution in [0.4, 0.5) is 0 Å². The predicted molar refractivity (Wildman–Crippen MR) is 144 cm³/mol. The summed E-state index contributed by atoms with van der Waals surface area (Å²) in [7, 11) is 2.11. The fourth-order valence-electron chi connectivity index (χ4n) is 6.61. The first-order valence-electron chi connectivity index (χ1n) is 13.8. The molecule has 2 fully saturated rings. The lowest BCUT2D eigenvalue weighted by Crippen LogP contribution is -2.60. The zero-order chi connectivity index (χ0) is 25.4. The topological polar surface area (TPSA) is 57.5 Å². The van der Waals surface area contributed by atoms with E-state index in [0.29, 0.717) is 5.92 Å². The second kappa shape index (κ2) is 10.4. The summed E-state index contributed by atoms with van der Waals surface area (Å²) in [5.41, 5.74) is 6.30. The maximum atomic E-state index is 14.0. The van der Waals surface area contributed by atoms with Crippen LogP contribution in [0.25, 0.3) is 0 Å². The van der Waals surface area contributed by atoms with Gasteiger partial charge in [0.1, 0.15) is 6.04 Å². The van der Waals surface area contributed by atoms with Crippen molar-refractivity contribution in [3.8, 4) is 0 Å². The van der Waals surface area contributed by atoms with Gasteiger partial charge in [0.2, 0.25) is 5.91 Å². The molecule has 3 aromatic rings. The van der Waals surface area contributed by atoms with Gasteiger partial charge in [-0.2, -0.15) is 0 Å². The van der Waals surface area contributed by atoms with E-state index in [9.17, 15) is 4.79 Å². The summed E-state index contributed by atoms with van der Waals surface area (Å²) in [5, 5.41) is 0. The molecule has 4 heterocycles. The molecule has 7 heteroatoms. The fourth-order valence-corrected chi connectivity index (χ4v) is 6.61. The van der Waals surface area contributed by atoms with E-state index in [1.807, 2.05) is 19.4 Å². The van der Waals surface area contributed by atoms with E-state index in [1.165, 1.54) is 16.7 Å². The van der Waals surface area contributed by atoms with Crippen molar-refractivity contribution >= 4 is 5.91 Å². The van der Waals surface area contributed by atoms with Gasteiger partial charge >= 0.3 is 0 Å².